The number of rotatable bonds is 4. The van der Waals surface area contributed by atoms with Crippen LogP contribution in [0.15, 0.2) is 39.4 Å². The van der Waals surface area contributed by atoms with E-state index in [1.54, 1.807) is 11.3 Å². The predicted octanol–water partition coefficient (Wildman–Crippen LogP) is 4.02. The number of hydrogen-bond donors (Lipinski definition) is 0. The number of carbonyl (C=O) groups excluding carboxylic acids is 1. The first-order valence-electron chi connectivity index (χ1n) is 8.45. The predicted molar refractivity (Wildman–Crippen MR) is 97.8 cm³/mol. The Hall–Kier alpha value is -2.47. The van der Waals surface area contributed by atoms with Gasteiger partial charge in [0.25, 0.3) is 0 Å². The van der Waals surface area contributed by atoms with Gasteiger partial charge in [-0.05, 0) is 42.8 Å². The first kappa shape index (κ1) is 16.0. The molecular weight excluding hydrogens is 334 g/mol. The van der Waals surface area contributed by atoms with Gasteiger partial charge in [0, 0.05) is 36.0 Å². The van der Waals surface area contributed by atoms with E-state index in [0.29, 0.717) is 24.6 Å². The highest BCUT2D eigenvalue weighted by Gasteiger charge is 2.23. The maximum Gasteiger partial charge on any atom is 0.248 e. The Kier molecular flexibility index (Phi) is 4.36. The molecule has 128 valence electrons. The van der Waals surface area contributed by atoms with Crippen LogP contribution in [0.2, 0.25) is 0 Å². The largest absolute Gasteiger partial charge is 0.421 e. The van der Waals surface area contributed by atoms with E-state index < -0.39 is 0 Å². The summed E-state index contributed by atoms with van der Waals surface area (Å²) in [6, 6.07) is 8.25. The van der Waals surface area contributed by atoms with Crippen molar-refractivity contribution in [3.63, 3.8) is 0 Å². The molecule has 0 bridgehead atoms. The van der Waals surface area contributed by atoms with Gasteiger partial charge < -0.3 is 9.32 Å². The average molecular weight is 353 g/mol. The van der Waals surface area contributed by atoms with Gasteiger partial charge in [0.15, 0.2) is 0 Å². The fourth-order valence-corrected chi connectivity index (χ4v) is 3.82. The normalized spacial score (nSPS) is 13.7. The van der Waals surface area contributed by atoms with Crippen LogP contribution < -0.4 is 4.90 Å². The Balaban J connectivity index is 1.43. The van der Waals surface area contributed by atoms with Crippen LogP contribution in [0.25, 0.3) is 11.5 Å². The average Bonchev–Trinajstić information content (AvgIpc) is 3.30. The number of anilines is 1. The Morgan fingerprint density at radius 2 is 2.24 bits per heavy atom. The number of thiophene rings is 1. The number of carbonyl (C=O) groups is 1. The SMILES string of the molecule is Cc1ccc2c(c1)CCCN2C(=O)CCc1nnc(-c2ccsc2)o1. The van der Waals surface area contributed by atoms with Gasteiger partial charge in [-0.1, -0.05) is 17.7 Å². The number of aromatic nitrogens is 2. The summed E-state index contributed by atoms with van der Waals surface area (Å²) in [7, 11) is 0. The highest BCUT2D eigenvalue weighted by atomic mass is 32.1. The molecule has 0 unspecified atom stereocenters. The summed E-state index contributed by atoms with van der Waals surface area (Å²) in [5.41, 5.74) is 4.47. The molecular formula is C19H19N3O2S. The van der Waals surface area contributed by atoms with E-state index in [1.165, 1.54) is 11.1 Å². The van der Waals surface area contributed by atoms with Crippen LogP contribution in [0.4, 0.5) is 5.69 Å². The molecule has 1 aromatic carbocycles. The molecule has 0 atom stereocenters. The summed E-state index contributed by atoms with van der Waals surface area (Å²) >= 11 is 1.59. The van der Waals surface area contributed by atoms with E-state index in [1.807, 2.05) is 21.7 Å². The van der Waals surface area contributed by atoms with Gasteiger partial charge in [-0.2, -0.15) is 11.3 Å². The lowest BCUT2D eigenvalue weighted by molar-refractivity contribution is -0.118. The number of nitrogens with zero attached hydrogens (tertiary/aromatic N) is 3. The van der Waals surface area contributed by atoms with Crippen molar-refractivity contribution in [3.8, 4) is 11.5 Å². The third-order valence-corrected chi connectivity index (χ3v) is 5.13. The number of benzene rings is 1. The van der Waals surface area contributed by atoms with Gasteiger partial charge >= 0.3 is 0 Å². The Morgan fingerprint density at radius 3 is 3.08 bits per heavy atom. The maximum absolute atomic E-state index is 12.7. The van der Waals surface area contributed by atoms with Crippen LogP contribution in [-0.4, -0.2) is 22.6 Å². The Bertz CT molecular complexity index is 886. The molecule has 6 heteroatoms. The fraction of sp³-hybridized carbons (Fsp3) is 0.316. The lowest BCUT2D eigenvalue weighted by atomic mass is 9.99. The van der Waals surface area contributed by atoms with E-state index in [0.717, 1.165) is 30.6 Å². The van der Waals surface area contributed by atoms with Crippen LogP contribution in [0, 0.1) is 6.92 Å². The van der Waals surface area contributed by atoms with Crippen LogP contribution in [0.1, 0.15) is 29.9 Å². The van der Waals surface area contributed by atoms with Crippen molar-refractivity contribution in [2.24, 2.45) is 0 Å². The third kappa shape index (κ3) is 3.35. The molecule has 1 aliphatic rings. The molecule has 0 aliphatic carbocycles. The van der Waals surface area contributed by atoms with Gasteiger partial charge in [-0.3, -0.25) is 4.79 Å². The van der Waals surface area contributed by atoms with Crippen molar-refractivity contribution in [3.05, 3.63) is 52.0 Å². The second-order valence-electron chi connectivity index (χ2n) is 6.29. The monoisotopic (exact) mass is 353 g/mol. The van der Waals surface area contributed by atoms with Gasteiger partial charge in [-0.15, -0.1) is 10.2 Å². The summed E-state index contributed by atoms with van der Waals surface area (Å²) in [4.78, 5) is 14.6. The number of aryl methyl sites for hydroxylation is 3. The molecule has 0 spiro atoms. The van der Waals surface area contributed by atoms with E-state index in [9.17, 15) is 4.79 Å². The second kappa shape index (κ2) is 6.80. The van der Waals surface area contributed by atoms with Crippen LogP contribution in [-0.2, 0) is 17.6 Å². The maximum atomic E-state index is 12.7. The highest BCUT2D eigenvalue weighted by Crippen LogP contribution is 2.29. The van der Waals surface area contributed by atoms with Gasteiger partial charge in [0.2, 0.25) is 17.7 Å². The molecule has 0 saturated carbocycles. The molecule has 0 radical (unpaired) electrons. The smallest absolute Gasteiger partial charge is 0.248 e. The van der Waals surface area contributed by atoms with Crippen LogP contribution in [0.5, 0.6) is 0 Å². The minimum Gasteiger partial charge on any atom is -0.421 e. The lowest BCUT2D eigenvalue weighted by Crippen LogP contribution is -2.35. The summed E-state index contributed by atoms with van der Waals surface area (Å²) in [6.45, 7) is 2.86. The molecule has 5 nitrogen and oxygen atoms in total. The molecule has 3 heterocycles. The van der Waals surface area contributed by atoms with Gasteiger partial charge in [-0.25, -0.2) is 0 Å². The third-order valence-electron chi connectivity index (χ3n) is 4.44. The molecule has 25 heavy (non-hydrogen) atoms. The van der Waals surface area contributed by atoms with Gasteiger partial charge in [0.05, 0.1) is 0 Å². The molecule has 2 aromatic heterocycles. The van der Waals surface area contributed by atoms with Crippen LogP contribution in [0.3, 0.4) is 0 Å². The first-order valence-corrected chi connectivity index (χ1v) is 9.40. The van der Waals surface area contributed by atoms with Crippen LogP contribution >= 0.6 is 11.3 Å². The standard InChI is InChI=1S/C19H19N3O2S/c1-13-4-5-16-14(11-13)3-2-9-22(16)18(23)7-6-17-20-21-19(24-17)15-8-10-25-12-15/h4-5,8,10-12H,2-3,6-7,9H2,1H3. The van der Waals surface area contributed by atoms with Crippen molar-refractivity contribution in [2.45, 2.75) is 32.6 Å². The molecule has 0 fully saturated rings. The van der Waals surface area contributed by atoms with E-state index in [2.05, 4.69) is 35.3 Å². The molecule has 1 aliphatic heterocycles. The molecule has 3 aromatic rings. The minimum absolute atomic E-state index is 0.111. The lowest BCUT2D eigenvalue weighted by Gasteiger charge is -2.29. The molecule has 0 saturated heterocycles. The zero-order chi connectivity index (χ0) is 17.2. The molecule has 1 amide bonds. The quantitative estimate of drug-likeness (QED) is 0.711. The first-order chi connectivity index (χ1) is 12.2. The Morgan fingerprint density at radius 1 is 1.32 bits per heavy atom. The molecule has 0 N–H and O–H groups in total. The van der Waals surface area contributed by atoms with Gasteiger partial charge in [0.1, 0.15) is 0 Å². The van der Waals surface area contributed by atoms with Crippen molar-refractivity contribution in [1.29, 1.82) is 0 Å². The summed E-state index contributed by atoms with van der Waals surface area (Å²) < 4.78 is 5.66. The number of hydrogen-bond acceptors (Lipinski definition) is 5. The minimum atomic E-state index is 0.111. The van der Waals surface area contributed by atoms with E-state index >= 15 is 0 Å². The second-order valence-corrected chi connectivity index (χ2v) is 7.07. The highest BCUT2D eigenvalue weighted by molar-refractivity contribution is 7.08. The zero-order valence-electron chi connectivity index (χ0n) is 14.1. The van der Waals surface area contributed by atoms with E-state index in [4.69, 9.17) is 4.42 Å². The number of amides is 1. The zero-order valence-corrected chi connectivity index (χ0v) is 14.9. The summed E-state index contributed by atoms with van der Waals surface area (Å²) in [5.74, 6) is 1.14. The Labute approximate surface area is 150 Å². The summed E-state index contributed by atoms with van der Waals surface area (Å²) in [6.07, 6.45) is 2.88. The van der Waals surface area contributed by atoms with Crippen molar-refractivity contribution in [1.82, 2.24) is 10.2 Å². The van der Waals surface area contributed by atoms with Crippen molar-refractivity contribution >= 4 is 22.9 Å². The fourth-order valence-electron chi connectivity index (χ4n) is 3.19. The number of fused-ring (bicyclic) bond motifs is 1. The van der Waals surface area contributed by atoms with Crippen molar-refractivity contribution in [2.75, 3.05) is 11.4 Å². The molecule has 4 rings (SSSR count). The van der Waals surface area contributed by atoms with Crippen molar-refractivity contribution < 1.29 is 9.21 Å². The topological polar surface area (TPSA) is 59.2 Å². The van der Waals surface area contributed by atoms with E-state index in [-0.39, 0.29) is 5.91 Å². The summed E-state index contributed by atoms with van der Waals surface area (Å²) in [5, 5.41) is 12.1.